The van der Waals surface area contributed by atoms with Crippen LogP contribution in [0.25, 0.3) is 0 Å². The van der Waals surface area contributed by atoms with Crippen molar-refractivity contribution in [3.63, 3.8) is 0 Å². The van der Waals surface area contributed by atoms with Crippen LogP contribution < -0.4 is 5.73 Å². The largest absolute Gasteiger partial charge is 0.378 e. The average Bonchev–Trinajstić information content (AvgIpc) is 2.99. The SMILES string of the molecule is CCOC1CC(N)(C(=O)N2CCN(Cc3cc(C)no3)CC2)C1(C)C.Cl.Cl. The van der Waals surface area contributed by atoms with E-state index in [4.69, 9.17) is 15.0 Å². The molecule has 3 rings (SSSR count). The molecule has 2 unspecified atom stereocenters. The number of nitrogens with two attached hydrogens (primary N) is 1. The van der Waals surface area contributed by atoms with Crippen LogP contribution in [0.15, 0.2) is 10.6 Å². The van der Waals surface area contributed by atoms with E-state index >= 15 is 0 Å². The van der Waals surface area contributed by atoms with Gasteiger partial charge >= 0.3 is 0 Å². The third kappa shape index (κ3) is 4.43. The van der Waals surface area contributed by atoms with E-state index in [-0.39, 0.29) is 42.2 Å². The highest BCUT2D eigenvalue weighted by Gasteiger charge is 2.63. The molecule has 0 aromatic carbocycles. The molecule has 2 fully saturated rings. The number of piperazine rings is 1. The predicted molar refractivity (Wildman–Crippen MR) is 108 cm³/mol. The van der Waals surface area contributed by atoms with Crippen molar-refractivity contribution in [1.82, 2.24) is 15.0 Å². The minimum Gasteiger partial charge on any atom is -0.378 e. The predicted octanol–water partition coefficient (Wildman–Crippen LogP) is 2.00. The van der Waals surface area contributed by atoms with E-state index in [0.29, 0.717) is 26.1 Å². The number of rotatable bonds is 5. The lowest BCUT2D eigenvalue weighted by molar-refractivity contribution is -0.180. The van der Waals surface area contributed by atoms with Crippen LogP contribution in [0.5, 0.6) is 0 Å². The summed E-state index contributed by atoms with van der Waals surface area (Å²) < 4.78 is 11.0. The summed E-state index contributed by atoms with van der Waals surface area (Å²) >= 11 is 0. The standard InChI is InChI=1S/C18H30N4O3.2ClH/c1-5-24-15-11-18(19,17(15,3)4)16(23)22-8-6-21(7-9-22)12-14-10-13(2)20-25-14;;/h10,15H,5-9,11-12,19H2,1-4H3;2*1H. The number of hydrogen-bond donors (Lipinski definition) is 1. The Balaban J connectivity index is 0.00000182. The lowest BCUT2D eigenvalue weighted by Gasteiger charge is -2.59. The summed E-state index contributed by atoms with van der Waals surface area (Å²) in [6.45, 7) is 12.4. The second-order valence-electron chi connectivity index (χ2n) is 7.84. The molecule has 0 radical (unpaired) electrons. The zero-order chi connectivity index (χ0) is 18.2. The highest BCUT2D eigenvalue weighted by Crippen LogP contribution is 2.50. The Morgan fingerprint density at radius 2 is 1.96 bits per heavy atom. The average molecular weight is 423 g/mol. The second-order valence-corrected chi connectivity index (χ2v) is 7.84. The lowest BCUT2D eigenvalue weighted by atomic mass is 9.54. The number of amides is 1. The fourth-order valence-corrected chi connectivity index (χ4v) is 3.90. The molecule has 156 valence electrons. The Kier molecular flexibility index (Phi) is 8.14. The van der Waals surface area contributed by atoms with Crippen molar-refractivity contribution in [2.75, 3.05) is 32.8 Å². The monoisotopic (exact) mass is 422 g/mol. The first-order valence-electron chi connectivity index (χ1n) is 9.12. The minimum atomic E-state index is -0.822. The summed E-state index contributed by atoms with van der Waals surface area (Å²) in [6.07, 6.45) is 0.659. The van der Waals surface area contributed by atoms with Crippen LogP contribution in [0.3, 0.4) is 0 Å². The van der Waals surface area contributed by atoms with Gasteiger partial charge in [0.05, 0.1) is 18.3 Å². The highest BCUT2D eigenvalue weighted by molar-refractivity contribution is 5.89. The van der Waals surface area contributed by atoms with Gasteiger partial charge in [-0.05, 0) is 13.8 Å². The van der Waals surface area contributed by atoms with Gasteiger partial charge in [0.25, 0.3) is 0 Å². The van der Waals surface area contributed by atoms with Gasteiger partial charge in [0.15, 0.2) is 5.76 Å². The number of hydrogen-bond acceptors (Lipinski definition) is 6. The van der Waals surface area contributed by atoms with E-state index in [1.54, 1.807) is 0 Å². The van der Waals surface area contributed by atoms with Crippen LogP contribution >= 0.6 is 24.8 Å². The lowest BCUT2D eigenvalue weighted by Crippen LogP contribution is -2.76. The molecule has 2 heterocycles. The first-order valence-corrected chi connectivity index (χ1v) is 9.12. The molecule has 0 bridgehead atoms. The molecule has 7 nitrogen and oxygen atoms in total. The zero-order valence-electron chi connectivity index (χ0n) is 16.6. The van der Waals surface area contributed by atoms with E-state index < -0.39 is 5.54 Å². The fraction of sp³-hybridized carbons (Fsp3) is 0.778. The Bertz CT molecular complexity index is 632. The summed E-state index contributed by atoms with van der Waals surface area (Å²) in [5, 5.41) is 3.92. The first kappa shape index (κ1) is 24.2. The topological polar surface area (TPSA) is 84.8 Å². The van der Waals surface area contributed by atoms with E-state index in [0.717, 1.165) is 31.1 Å². The molecule has 1 aliphatic heterocycles. The van der Waals surface area contributed by atoms with Crippen LogP contribution in [0.2, 0.25) is 0 Å². The highest BCUT2D eigenvalue weighted by atomic mass is 35.5. The van der Waals surface area contributed by atoms with Crippen LogP contribution in [0, 0.1) is 12.3 Å². The molecule has 1 saturated carbocycles. The Labute approximate surface area is 173 Å². The van der Waals surface area contributed by atoms with Gasteiger partial charge in [-0.2, -0.15) is 0 Å². The van der Waals surface area contributed by atoms with E-state index in [9.17, 15) is 4.79 Å². The van der Waals surface area contributed by atoms with Gasteiger partial charge in [0.2, 0.25) is 5.91 Å². The van der Waals surface area contributed by atoms with Crippen molar-refractivity contribution >= 4 is 30.7 Å². The van der Waals surface area contributed by atoms with Crippen molar-refractivity contribution in [2.45, 2.75) is 52.3 Å². The number of carbonyl (C=O) groups is 1. The smallest absolute Gasteiger partial charge is 0.243 e. The van der Waals surface area contributed by atoms with Gasteiger partial charge in [-0.1, -0.05) is 19.0 Å². The number of carbonyl (C=O) groups excluding carboxylic acids is 1. The van der Waals surface area contributed by atoms with Crippen molar-refractivity contribution in [3.05, 3.63) is 17.5 Å². The maximum Gasteiger partial charge on any atom is 0.243 e. The quantitative estimate of drug-likeness (QED) is 0.780. The van der Waals surface area contributed by atoms with Gasteiger partial charge < -0.3 is 19.9 Å². The van der Waals surface area contributed by atoms with Crippen LogP contribution in [0.1, 0.15) is 38.6 Å². The summed E-state index contributed by atoms with van der Waals surface area (Å²) in [5.74, 6) is 0.927. The molecule has 1 aromatic heterocycles. The number of nitrogens with zero attached hydrogens (tertiary/aromatic N) is 3. The number of halogens is 2. The minimum absolute atomic E-state index is 0. The van der Waals surface area contributed by atoms with E-state index in [1.165, 1.54) is 0 Å². The molecule has 2 N–H and O–H groups in total. The molecule has 9 heteroatoms. The Morgan fingerprint density at radius 3 is 2.44 bits per heavy atom. The van der Waals surface area contributed by atoms with Crippen LogP contribution in [-0.4, -0.2) is 65.3 Å². The maximum absolute atomic E-state index is 13.0. The molecule has 1 aromatic rings. The van der Waals surface area contributed by atoms with E-state index in [1.807, 2.05) is 38.7 Å². The second kappa shape index (κ2) is 9.09. The molecule has 1 amide bonds. The molecular formula is C18H32Cl2N4O3. The summed E-state index contributed by atoms with van der Waals surface area (Å²) in [6, 6.07) is 1.96. The fourth-order valence-electron chi connectivity index (χ4n) is 3.90. The van der Waals surface area contributed by atoms with Gasteiger partial charge in [-0.3, -0.25) is 9.69 Å². The molecule has 1 aliphatic carbocycles. The molecule has 1 saturated heterocycles. The van der Waals surface area contributed by atoms with Crippen LogP contribution in [-0.2, 0) is 16.1 Å². The van der Waals surface area contributed by atoms with Gasteiger partial charge in [-0.15, -0.1) is 24.8 Å². The van der Waals surface area contributed by atoms with Crippen LogP contribution in [0.4, 0.5) is 0 Å². The Morgan fingerprint density at radius 1 is 1.33 bits per heavy atom. The number of aromatic nitrogens is 1. The van der Waals surface area contributed by atoms with Gasteiger partial charge in [-0.25, -0.2) is 0 Å². The van der Waals surface area contributed by atoms with Crippen molar-refractivity contribution in [1.29, 1.82) is 0 Å². The molecule has 27 heavy (non-hydrogen) atoms. The number of aryl methyl sites for hydroxylation is 1. The summed E-state index contributed by atoms with van der Waals surface area (Å²) in [5.41, 5.74) is 6.26. The van der Waals surface area contributed by atoms with Crippen molar-refractivity contribution < 1.29 is 14.1 Å². The van der Waals surface area contributed by atoms with Crippen molar-refractivity contribution in [2.24, 2.45) is 11.1 Å². The maximum atomic E-state index is 13.0. The molecule has 2 aliphatic rings. The molecule has 2 atom stereocenters. The van der Waals surface area contributed by atoms with E-state index in [2.05, 4.69) is 10.1 Å². The zero-order valence-corrected chi connectivity index (χ0v) is 18.2. The third-order valence-electron chi connectivity index (χ3n) is 5.93. The first-order chi connectivity index (χ1) is 11.8. The van der Waals surface area contributed by atoms with Gasteiger partial charge in [0, 0.05) is 50.7 Å². The normalized spacial score (nSPS) is 27.3. The molecular weight excluding hydrogens is 391 g/mol. The van der Waals surface area contributed by atoms with Crippen molar-refractivity contribution in [3.8, 4) is 0 Å². The number of ether oxygens (including phenoxy) is 1. The summed E-state index contributed by atoms with van der Waals surface area (Å²) in [4.78, 5) is 17.2. The van der Waals surface area contributed by atoms with Gasteiger partial charge in [0.1, 0.15) is 5.54 Å². The third-order valence-corrected chi connectivity index (χ3v) is 5.93. The molecule has 0 spiro atoms. The Hall–Kier alpha value is -0.860. The summed E-state index contributed by atoms with van der Waals surface area (Å²) in [7, 11) is 0.